The van der Waals surface area contributed by atoms with Crippen molar-refractivity contribution in [2.75, 3.05) is 0 Å². The summed E-state index contributed by atoms with van der Waals surface area (Å²) >= 11 is 3.59. The molecule has 2 aromatic carbocycles. The first-order chi connectivity index (χ1) is 19.6. The van der Waals surface area contributed by atoms with E-state index in [0.29, 0.717) is 0 Å². The van der Waals surface area contributed by atoms with Crippen LogP contribution in [0.3, 0.4) is 0 Å². The van der Waals surface area contributed by atoms with Gasteiger partial charge in [-0.05, 0) is 96.8 Å². The van der Waals surface area contributed by atoms with Gasteiger partial charge in [-0.25, -0.2) is 0 Å². The molecule has 0 spiro atoms. The van der Waals surface area contributed by atoms with Crippen molar-refractivity contribution in [2.24, 2.45) is 0 Å². The highest BCUT2D eigenvalue weighted by molar-refractivity contribution is 7.16. The second-order valence-corrected chi connectivity index (χ2v) is 12.0. The number of thiophene rings is 2. The van der Waals surface area contributed by atoms with Gasteiger partial charge in [0.15, 0.2) is 0 Å². The molecule has 0 radical (unpaired) electrons. The number of benzene rings is 2. The van der Waals surface area contributed by atoms with Crippen LogP contribution in [0.1, 0.15) is 32.0 Å². The van der Waals surface area contributed by atoms with E-state index in [9.17, 15) is 0 Å². The molecule has 0 aliphatic carbocycles. The van der Waals surface area contributed by atoms with Gasteiger partial charge < -0.3 is 0 Å². The summed E-state index contributed by atoms with van der Waals surface area (Å²) in [6.45, 7) is 4.23. The van der Waals surface area contributed by atoms with Gasteiger partial charge in [0.25, 0.3) is 0 Å². The van der Waals surface area contributed by atoms with Crippen LogP contribution in [0, 0.1) is 13.8 Å². The highest BCUT2D eigenvalue weighted by Crippen LogP contribution is 2.31. The molecule has 4 heteroatoms. The zero-order valence-corrected chi connectivity index (χ0v) is 24.0. The summed E-state index contributed by atoms with van der Waals surface area (Å²) in [6.07, 6.45) is 12.3. The third-order valence-corrected chi connectivity index (χ3v) is 8.84. The summed E-state index contributed by atoms with van der Waals surface area (Å²) in [7, 11) is 0. The Balaban J connectivity index is 1.16. The number of nitrogens with zero attached hydrogens (tertiary/aromatic N) is 2. The van der Waals surface area contributed by atoms with Crippen molar-refractivity contribution in [1.29, 1.82) is 0 Å². The maximum atomic E-state index is 4.60. The molecule has 4 heterocycles. The quantitative estimate of drug-likeness (QED) is 0.197. The van der Waals surface area contributed by atoms with Gasteiger partial charge in [-0.2, -0.15) is 0 Å². The summed E-state index contributed by atoms with van der Waals surface area (Å²) in [6, 6.07) is 34.3. The number of hydrogen-bond donors (Lipinski definition) is 0. The Morgan fingerprint density at radius 1 is 0.475 bits per heavy atom. The molecule has 0 unspecified atom stereocenters. The Morgan fingerprint density at radius 3 is 1.32 bits per heavy atom. The van der Waals surface area contributed by atoms with Gasteiger partial charge in [0.05, 0.1) is 11.4 Å². The molecule has 0 aliphatic heterocycles. The summed E-state index contributed by atoms with van der Waals surface area (Å²) in [5.41, 5.74) is 8.99. The minimum absolute atomic E-state index is 0.863. The molecule has 0 amide bonds. The van der Waals surface area contributed by atoms with Crippen LogP contribution in [0.15, 0.2) is 109 Å². The molecule has 0 saturated carbocycles. The molecule has 0 fully saturated rings. The molecular formula is C36H28N2S2. The van der Waals surface area contributed by atoms with E-state index in [2.05, 4.69) is 133 Å². The van der Waals surface area contributed by atoms with Crippen LogP contribution < -0.4 is 0 Å². The van der Waals surface area contributed by atoms with Crippen molar-refractivity contribution in [3.63, 3.8) is 0 Å². The number of rotatable bonds is 7. The second-order valence-electron chi connectivity index (χ2n) is 9.75. The first-order valence-electron chi connectivity index (χ1n) is 13.2. The fourth-order valence-electron chi connectivity index (χ4n) is 4.37. The predicted molar refractivity (Wildman–Crippen MR) is 174 cm³/mol. The lowest BCUT2D eigenvalue weighted by Gasteiger charge is -2.03. The van der Waals surface area contributed by atoms with Crippen LogP contribution in [-0.2, 0) is 0 Å². The first kappa shape index (κ1) is 25.9. The lowest BCUT2D eigenvalue weighted by Crippen LogP contribution is -1.88. The van der Waals surface area contributed by atoms with E-state index in [1.807, 2.05) is 24.5 Å². The zero-order valence-electron chi connectivity index (χ0n) is 22.4. The summed E-state index contributed by atoms with van der Waals surface area (Å²) in [4.78, 5) is 14.2. The summed E-state index contributed by atoms with van der Waals surface area (Å²) in [5, 5.41) is 0. The summed E-state index contributed by atoms with van der Waals surface area (Å²) < 4.78 is 0. The molecular weight excluding hydrogens is 525 g/mol. The Labute approximate surface area is 243 Å². The topological polar surface area (TPSA) is 25.8 Å². The number of aryl methyl sites for hydroxylation is 2. The summed E-state index contributed by atoms with van der Waals surface area (Å²) in [5.74, 6) is 0. The average Bonchev–Trinajstić information content (AvgIpc) is 3.67. The van der Waals surface area contributed by atoms with Gasteiger partial charge in [-0.1, -0.05) is 71.8 Å². The van der Waals surface area contributed by atoms with Crippen LogP contribution in [0.25, 0.3) is 56.6 Å². The van der Waals surface area contributed by atoms with E-state index < -0.39 is 0 Å². The van der Waals surface area contributed by atoms with Crippen LogP contribution in [0.5, 0.6) is 0 Å². The molecule has 4 aromatic heterocycles. The standard InChI is InChI=1S/C36H28N2S2/c1-25-3-9-29(10-4-25)35-17-15-31(39-35)13-7-27-19-21-37-33(23-27)34-24-28(20-22-38-34)8-14-32-16-18-36(40-32)30-11-5-26(2)6-12-30/h3-24H,1-2H3/b13-7+,14-8+. The predicted octanol–water partition coefficient (Wildman–Crippen LogP) is 10.6. The Morgan fingerprint density at radius 2 is 0.900 bits per heavy atom. The third kappa shape index (κ3) is 6.26. The zero-order chi connectivity index (χ0) is 27.3. The molecule has 0 N–H and O–H groups in total. The van der Waals surface area contributed by atoms with Gasteiger partial charge >= 0.3 is 0 Å². The van der Waals surface area contributed by atoms with Crippen molar-refractivity contribution < 1.29 is 0 Å². The Bertz CT molecular complexity index is 1670. The minimum Gasteiger partial charge on any atom is -0.255 e. The SMILES string of the molecule is Cc1ccc(-c2ccc(/C=C/c3ccnc(-c4cc(/C=C/c5ccc(-c6ccc(C)cc6)s5)ccn4)c3)s2)cc1. The van der Waals surface area contributed by atoms with E-state index in [1.165, 1.54) is 41.8 Å². The fraction of sp³-hybridized carbons (Fsp3) is 0.0556. The lowest BCUT2D eigenvalue weighted by atomic mass is 10.1. The molecule has 40 heavy (non-hydrogen) atoms. The van der Waals surface area contributed by atoms with Crippen molar-refractivity contribution in [2.45, 2.75) is 13.8 Å². The molecule has 0 bridgehead atoms. The highest BCUT2D eigenvalue weighted by Gasteiger charge is 2.05. The van der Waals surface area contributed by atoms with E-state index in [0.717, 1.165) is 22.5 Å². The lowest BCUT2D eigenvalue weighted by molar-refractivity contribution is 1.24. The van der Waals surface area contributed by atoms with Crippen molar-refractivity contribution >= 4 is 47.0 Å². The van der Waals surface area contributed by atoms with Crippen LogP contribution in [0.2, 0.25) is 0 Å². The largest absolute Gasteiger partial charge is 0.255 e. The van der Waals surface area contributed by atoms with Gasteiger partial charge in [-0.15, -0.1) is 22.7 Å². The Hall–Kier alpha value is -4.38. The van der Waals surface area contributed by atoms with Crippen molar-refractivity contribution in [3.8, 4) is 32.3 Å². The fourth-order valence-corrected chi connectivity index (χ4v) is 6.20. The van der Waals surface area contributed by atoms with Gasteiger partial charge in [0, 0.05) is 31.9 Å². The van der Waals surface area contributed by atoms with Gasteiger partial charge in [-0.3, -0.25) is 9.97 Å². The molecule has 0 atom stereocenters. The monoisotopic (exact) mass is 552 g/mol. The highest BCUT2D eigenvalue weighted by atomic mass is 32.1. The normalized spacial score (nSPS) is 11.6. The third-order valence-electron chi connectivity index (χ3n) is 6.64. The Kier molecular flexibility index (Phi) is 7.62. The molecule has 0 aliphatic rings. The van der Waals surface area contributed by atoms with Crippen LogP contribution in [0.4, 0.5) is 0 Å². The minimum atomic E-state index is 0.863. The molecule has 2 nitrogen and oxygen atoms in total. The molecule has 6 rings (SSSR count). The first-order valence-corrected chi connectivity index (χ1v) is 14.8. The van der Waals surface area contributed by atoms with E-state index >= 15 is 0 Å². The number of hydrogen-bond acceptors (Lipinski definition) is 4. The smallest absolute Gasteiger partial charge is 0.0892 e. The molecule has 0 saturated heterocycles. The van der Waals surface area contributed by atoms with E-state index in [4.69, 9.17) is 0 Å². The second kappa shape index (κ2) is 11.8. The number of pyridine rings is 2. The van der Waals surface area contributed by atoms with Gasteiger partial charge in [0.2, 0.25) is 0 Å². The van der Waals surface area contributed by atoms with Gasteiger partial charge in [0.1, 0.15) is 0 Å². The van der Waals surface area contributed by atoms with E-state index in [-0.39, 0.29) is 0 Å². The van der Waals surface area contributed by atoms with Crippen LogP contribution >= 0.6 is 22.7 Å². The maximum Gasteiger partial charge on any atom is 0.0892 e. The van der Waals surface area contributed by atoms with Crippen LogP contribution in [-0.4, -0.2) is 9.97 Å². The molecule has 6 aromatic rings. The maximum absolute atomic E-state index is 4.60. The average molecular weight is 553 g/mol. The van der Waals surface area contributed by atoms with Crippen molar-refractivity contribution in [1.82, 2.24) is 9.97 Å². The number of aromatic nitrogens is 2. The van der Waals surface area contributed by atoms with Crippen molar-refractivity contribution in [3.05, 3.63) is 141 Å². The molecule has 194 valence electrons. The van der Waals surface area contributed by atoms with E-state index in [1.54, 1.807) is 22.7 Å².